The third kappa shape index (κ3) is 4.16. The Balaban J connectivity index is 0.00000121. The maximum atomic E-state index is 12.4. The van der Waals surface area contributed by atoms with Crippen molar-refractivity contribution in [3.05, 3.63) is 35.6 Å². The summed E-state index contributed by atoms with van der Waals surface area (Å²) in [5.74, 6) is 0.0798. The number of amides is 1. The van der Waals surface area contributed by atoms with Crippen molar-refractivity contribution in [3.63, 3.8) is 0 Å². The molecule has 1 saturated heterocycles. The van der Waals surface area contributed by atoms with Gasteiger partial charge in [0.1, 0.15) is 9.88 Å². The van der Waals surface area contributed by atoms with Gasteiger partial charge in [-0.3, -0.25) is 9.78 Å². The van der Waals surface area contributed by atoms with E-state index in [1.54, 1.807) is 18.6 Å². The molecule has 1 unspecified atom stereocenters. The average Bonchev–Trinajstić information content (AvgIpc) is 2.97. The Kier molecular flexibility index (Phi) is 7.22. The van der Waals surface area contributed by atoms with Crippen LogP contribution in [0.1, 0.15) is 16.6 Å². The van der Waals surface area contributed by atoms with Gasteiger partial charge in [-0.05, 0) is 19.1 Å². The fourth-order valence-electron chi connectivity index (χ4n) is 2.27. The summed E-state index contributed by atoms with van der Waals surface area (Å²) >= 11 is 1.44. The molecule has 0 saturated carbocycles. The van der Waals surface area contributed by atoms with Crippen LogP contribution in [-0.4, -0.2) is 46.5 Å². The van der Waals surface area contributed by atoms with Crippen LogP contribution in [0.2, 0.25) is 0 Å². The van der Waals surface area contributed by atoms with Crippen LogP contribution in [-0.2, 0) is 0 Å². The number of nitrogens with one attached hydrogen (secondary N) is 1. The van der Waals surface area contributed by atoms with Crippen LogP contribution in [0, 0.1) is 0 Å². The summed E-state index contributed by atoms with van der Waals surface area (Å²) in [6, 6.07) is 4.15. The summed E-state index contributed by atoms with van der Waals surface area (Å²) in [6.07, 6.45) is 5.14. The molecular formula is C14H18Cl2N4OS. The fourth-order valence-corrected chi connectivity index (χ4v) is 3.16. The lowest BCUT2D eigenvalue weighted by atomic mass is 10.2. The van der Waals surface area contributed by atoms with E-state index in [9.17, 15) is 4.79 Å². The van der Waals surface area contributed by atoms with Gasteiger partial charge < -0.3 is 10.2 Å². The van der Waals surface area contributed by atoms with Gasteiger partial charge in [-0.25, -0.2) is 4.98 Å². The standard InChI is InChI=1S/C14H16N4OS.2ClH/c1-10-9-18(7-6-16-10)14(19)12-8-17-13(20-12)11-2-4-15-5-3-11;;/h2-5,8,10,16H,6-7,9H2,1H3;2*1H. The smallest absolute Gasteiger partial charge is 0.265 e. The number of rotatable bonds is 2. The van der Waals surface area contributed by atoms with Crippen LogP contribution in [0.15, 0.2) is 30.7 Å². The largest absolute Gasteiger partial charge is 0.335 e. The number of halogens is 2. The summed E-state index contributed by atoms with van der Waals surface area (Å²) in [7, 11) is 0. The number of pyridine rings is 1. The molecule has 3 rings (SSSR count). The Labute approximate surface area is 146 Å². The van der Waals surface area contributed by atoms with Gasteiger partial charge in [0.2, 0.25) is 0 Å². The molecule has 1 atom stereocenters. The highest BCUT2D eigenvalue weighted by Crippen LogP contribution is 2.25. The van der Waals surface area contributed by atoms with E-state index in [2.05, 4.69) is 22.2 Å². The Morgan fingerprint density at radius 1 is 1.36 bits per heavy atom. The van der Waals surface area contributed by atoms with Gasteiger partial charge in [0, 0.05) is 43.6 Å². The predicted octanol–water partition coefficient (Wildman–Crippen LogP) is 2.48. The second kappa shape index (κ2) is 8.43. The van der Waals surface area contributed by atoms with Crippen molar-refractivity contribution in [2.24, 2.45) is 0 Å². The first-order chi connectivity index (χ1) is 9.74. The minimum Gasteiger partial charge on any atom is -0.335 e. The number of thiazole rings is 1. The normalized spacial score (nSPS) is 17.3. The topological polar surface area (TPSA) is 58.1 Å². The molecule has 0 bridgehead atoms. The molecule has 3 heterocycles. The molecule has 0 radical (unpaired) electrons. The lowest BCUT2D eigenvalue weighted by Gasteiger charge is -2.31. The van der Waals surface area contributed by atoms with Gasteiger partial charge in [-0.15, -0.1) is 36.2 Å². The maximum absolute atomic E-state index is 12.4. The van der Waals surface area contributed by atoms with Crippen LogP contribution in [0.3, 0.4) is 0 Å². The Bertz CT molecular complexity index is 608. The number of carbonyl (C=O) groups is 1. The summed E-state index contributed by atoms with van der Waals surface area (Å²) in [4.78, 5) is 23.4. The number of hydrogen-bond acceptors (Lipinski definition) is 5. The van der Waals surface area contributed by atoms with Crippen molar-refractivity contribution in [2.75, 3.05) is 19.6 Å². The molecule has 5 nitrogen and oxygen atoms in total. The Hall–Kier alpha value is -1.21. The molecule has 0 spiro atoms. The maximum Gasteiger partial charge on any atom is 0.265 e. The van der Waals surface area contributed by atoms with E-state index in [0.717, 1.165) is 30.2 Å². The zero-order chi connectivity index (χ0) is 13.9. The van der Waals surface area contributed by atoms with E-state index < -0.39 is 0 Å². The van der Waals surface area contributed by atoms with Gasteiger partial charge >= 0.3 is 0 Å². The molecule has 0 aliphatic carbocycles. The third-order valence-electron chi connectivity index (χ3n) is 3.30. The first kappa shape index (κ1) is 18.8. The Morgan fingerprint density at radius 2 is 2.09 bits per heavy atom. The molecule has 2 aromatic heterocycles. The van der Waals surface area contributed by atoms with Crippen LogP contribution in [0.4, 0.5) is 0 Å². The first-order valence-corrected chi connectivity index (χ1v) is 7.44. The quantitative estimate of drug-likeness (QED) is 0.893. The van der Waals surface area contributed by atoms with E-state index >= 15 is 0 Å². The van der Waals surface area contributed by atoms with Crippen LogP contribution in [0.5, 0.6) is 0 Å². The molecule has 1 aliphatic heterocycles. The fraction of sp³-hybridized carbons (Fsp3) is 0.357. The van der Waals surface area contributed by atoms with Crippen molar-refractivity contribution >= 4 is 42.1 Å². The van der Waals surface area contributed by atoms with Crippen molar-refractivity contribution in [3.8, 4) is 10.6 Å². The molecule has 1 aliphatic rings. The number of aromatic nitrogens is 2. The van der Waals surface area contributed by atoms with Crippen molar-refractivity contribution < 1.29 is 4.79 Å². The van der Waals surface area contributed by atoms with E-state index in [1.807, 2.05) is 17.0 Å². The molecule has 22 heavy (non-hydrogen) atoms. The summed E-state index contributed by atoms with van der Waals surface area (Å²) in [5, 5.41) is 4.20. The highest BCUT2D eigenvalue weighted by Gasteiger charge is 2.23. The second-order valence-electron chi connectivity index (χ2n) is 4.87. The van der Waals surface area contributed by atoms with E-state index in [-0.39, 0.29) is 30.7 Å². The zero-order valence-corrected chi connectivity index (χ0v) is 14.5. The van der Waals surface area contributed by atoms with Crippen molar-refractivity contribution in [2.45, 2.75) is 13.0 Å². The second-order valence-corrected chi connectivity index (χ2v) is 5.90. The molecule has 8 heteroatoms. The molecule has 1 amide bonds. The summed E-state index contributed by atoms with van der Waals surface area (Å²) < 4.78 is 0. The van der Waals surface area contributed by atoms with Gasteiger partial charge in [-0.1, -0.05) is 0 Å². The monoisotopic (exact) mass is 360 g/mol. The van der Waals surface area contributed by atoms with Gasteiger partial charge in [-0.2, -0.15) is 0 Å². The third-order valence-corrected chi connectivity index (χ3v) is 4.33. The number of nitrogens with zero attached hydrogens (tertiary/aromatic N) is 3. The van der Waals surface area contributed by atoms with Gasteiger partial charge in [0.15, 0.2) is 0 Å². The number of carbonyl (C=O) groups excluding carboxylic acids is 1. The number of piperazine rings is 1. The molecule has 1 fully saturated rings. The van der Waals surface area contributed by atoms with Crippen molar-refractivity contribution in [1.29, 1.82) is 0 Å². The number of hydrogen-bond donors (Lipinski definition) is 1. The highest BCUT2D eigenvalue weighted by molar-refractivity contribution is 7.16. The first-order valence-electron chi connectivity index (χ1n) is 6.63. The van der Waals surface area contributed by atoms with Crippen LogP contribution in [0.25, 0.3) is 10.6 Å². The SMILES string of the molecule is CC1CN(C(=O)c2cnc(-c3ccncc3)s2)CCN1.Cl.Cl. The van der Waals surface area contributed by atoms with E-state index in [1.165, 1.54) is 11.3 Å². The van der Waals surface area contributed by atoms with Crippen molar-refractivity contribution in [1.82, 2.24) is 20.2 Å². The predicted molar refractivity (Wildman–Crippen MR) is 93.2 cm³/mol. The lowest BCUT2D eigenvalue weighted by Crippen LogP contribution is -2.51. The molecule has 120 valence electrons. The molecular weight excluding hydrogens is 343 g/mol. The zero-order valence-electron chi connectivity index (χ0n) is 12.1. The lowest BCUT2D eigenvalue weighted by molar-refractivity contribution is 0.0714. The van der Waals surface area contributed by atoms with E-state index in [0.29, 0.717) is 10.9 Å². The minimum absolute atomic E-state index is 0. The minimum atomic E-state index is 0. The summed E-state index contributed by atoms with van der Waals surface area (Å²) in [5.41, 5.74) is 0.998. The van der Waals surface area contributed by atoms with Crippen LogP contribution < -0.4 is 5.32 Å². The van der Waals surface area contributed by atoms with Gasteiger partial charge in [0.05, 0.1) is 6.20 Å². The average molecular weight is 361 g/mol. The summed E-state index contributed by atoms with van der Waals surface area (Å²) in [6.45, 7) is 4.45. The highest BCUT2D eigenvalue weighted by atomic mass is 35.5. The Morgan fingerprint density at radius 3 is 2.77 bits per heavy atom. The molecule has 2 aromatic rings. The molecule has 0 aromatic carbocycles. The molecule has 1 N–H and O–H groups in total. The van der Waals surface area contributed by atoms with E-state index in [4.69, 9.17) is 0 Å². The van der Waals surface area contributed by atoms with Crippen LogP contribution >= 0.6 is 36.2 Å². The van der Waals surface area contributed by atoms with Gasteiger partial charge in [0.25, 0.3) is 5.91 Å².